The zero-order valence-electron chi connectivity index (χ0n) is 20.9. The first-order valence-corrected chi connectivity index (χ1v) is 12.0. The van der Waals surface area contributed by atoms with Gasteiger partial charge in [0.1, 0.15) is 0 Å². The minimum atomic E-state index is -0.0299. The van der Waals surface area contributed by atoms with Crippen LogP contribution in [0.25, 0.3) is 11.1 Å². The van der Waals surface area contributed by atoms with Crippen molar-refractivity contribution in [2.75, 3.05) is 14.2 Å². The molecule has 1 N–H and O–H groups in total. The Morgan fingerprint density at radius 2 is 1.79 bits per heavy atom. The molecule has 0 aliphatic rings. The van der Waals surface area contributed by atoms with E-state index >= 15 is 0 Å². The van der Waals surface area contributed by atoms with Crippen LogP contribution in [-0.4, -0.2) is 31.2 Å². The highest BCUT2D eigenvalue weighted by molar-refractivity contribution is 5.95. The first kappa shape index (κ1) is 25.3. The Balaban J connectivity index is 1.72. The largest absolute Gasteiger partial charge is 0.493 e. The van der Waals surface area contributed by atoms with Crippen LogP contribution in [-0.2, 0) is 12.8 Å². The molecule has 0 unspecified atom stereocenters. The van der Waals surface area contributed by atoms with E-state index in [4.69, 9.17) is 9.47 Å². The number of ether oxygens (including phenoxy) is 2. The molecule has 2 aromatic carbocycles. The zero-order valence-corrected chi connectivity index (χ0v) is 20.9. The van der Waals surface area contributed by atoms with E-state index < -0.39 is 0 Å². The fraction of sp³-hybridized carbons (Fsp3) is 0.379. The number of nitrogens with one attached hydrogen (secondary N) is 1. The molecule has 1 heterocycles. The first-order chi connectivity index (χ1) is 16.4. The number of aromatic nitrogens is 1. The van der Waals surface area contributed by atoms with Gasteiger partial charge in [-0.1, -0.05) is 32.0 Å². The molecule has 0 saturated carbocycles. The Kier molecular flexibility index (Phi) is 9.08. The maximum absolute atomic E-state index is 13.0. The monoisotopic (exact) mass is 460 g/mol. The van der Waals surface area contributed by atoms with Gasteiger partial charge in [-0.2, -0.15) is 0 Å². The fourth-order valence-corrected chi connectivity index (χ4v) is 4.17. The van der Waals surface area contributed by atoms with E-state index in [9.17, 15) is 4.79 Å². The van der Waals surface area contributed by atoms with Gasteiger partial charge in [0.05, 0.1) is 14.2 Å². The summed E-state index contributed by atoms with van der Waals surface area (Å²) in [5, 5.41) is 3.16. The molecule has 180 valence electrons. The van der Waals surface area contributed by atoms with Crippen LogP contribution in [0.15, 0.2) is 60.9 Å². The number of hydrogen-bond acceptors (Lipinski definition) is 4. The van der Waals surface area contributed by atoms with E-state index in [2.05, 4.69) is 37.1 Å². The van der Waals surface area contributed by atoms with Gasteiger partial charge >= 0.3 is 0 Å². The van der Waals surface area contributed by atoms with Crippen LogP contribution in [0.1, 0.15) is 55.1 Å². The second-order valence-electron chi connectivity index (χ2n) is 9.17. The molecular formula is C29H36N2O3. The number of carbonyl (C=O) groups is 1. The van der Waals surface area contributed by atoms with E-state index in [1.807, 2.05) is 48.7 Å². The summed E-state index contributed by atoms with van der Waals surface area (Å²) in [7, 11) is 3.27. The summed E-state index contributed by atoms with van der Waals surface area (Å²) in [6, 6.07) is 16.1. The lowest BCUT2D eigenvalue weighted by Crippen LogP contribution is -2.32. The van der Waals surface area contributed by atoms with Gasteiger partial charge in [0.15, 0.2) is 11.5 Å². The number of amides is 1. The Morgan fingerprint density at radius 3 is 2.47 bits per heavy atom. The predicted molar refractivity (Wildman–Crippen MR) is 138 cm³/mol. The lowest BCUT2D eigenvalue weighted by Gasteiger charge is -2.17. The van der Waals surface area contributed by atoms with Crippen molar-refractivity contribution in [3.8, 4) is 22.6 Å². The molecule has 0 radical (unpaired) electrons. The van der Waals surface area contributed by atoms with Gasteiger partial charge in [-0.3, -0.25) is 9.78 Å². The quantitative estimate of drug-likeness (QED) is 0.375. The summed E-state index contributed by atoms with van der Waals surface area (Å²) < 4.78 is 10.9. The number of pyridine rings is 1. The average molecular weight is 461 g/mol. The molecule has 3 aromatic rings. The zero-order chi connectivity index (χ0) is 24.5. The second kappa shape index (κ2) is 12.2. The van der Waals surface area contributed by atoms with E-state index in [0.29, 0.717) is 23.0 Å². The lowest BCUT2D eigenvalue weighted by atomic mass is 9.91. The molecule has 5 nitrogen and oxygen atoms in total. The van der Waals surface area contributed by atoms with Crippen molar-refractivity contribution in [2.24, 2.45) is 5.92 Å². The lowest BCUT2D eigenvalue weighted by molar-refractivity contribution is 0.0938. The van der Waals surface area contributed by atoms with Gasteiger partial charge < -0.3 is 14.8 Å². The molecule has 1 amide bonds. The maximum Gasteiger partial charge on any atom is 0.251 e. The molecule has 0 spiro atoms. The van der Waals surface area contributed by atoms with Crippen molar-refractivity contribution in [1.29, 1.82) is 0 Å². The van der Waals surface area contributed by atoms with Crippen LogP contribution in [0.5, 0.6) is 11.5 Å². The molecule has 0 aliphatic heterocycles. The Hall–Kier alpha value is -3.34. The summed E-state index contributed by atoms with van der Waals surface area (Å²) >= 11 is 0. The summed E-state index contributed by atoms with van der Waals surface area (Å²) in [6.07, 6.45) is 7.46. The standard InChI is InChI=1S/C29H36N2O3/c1-20(2)16-25-17-24(11-13-26(25)23-12-14-27(33-4)28(18-23)34-5)29(32)31-21(3)8-6-9-22-10-7-15-30-19-22/h7,10-15,17-21H,6,8-9,16H2,1-5H3,(H,31,32)/t21-/m1/s1. The normalized spacial score (nSPS) is 11.8. The highest BCUT2D eigenvalue weighted by Crippen LogP contribution is 2.34. The van der Waals surface area contributed by atoms with Gasteiger partial charge in [-0.05, 0) is 91.1 Å². The first-order valence-electron chi connectivity index (χ1n) is 12.0. The fourth-order valence-electron chi connectivity index (χ4n) is 4.17. The van der Waals surface area contributed by atoms with Crippen molar-refractivity contribution in [3.63, 3.8) is 0 Å². The molecule has 34 heavy (non-hydrogen) atoms. The number of carbonyl (C=O) groups excluding carboxylic acids is 1. The van der Waals surface area contributed by atoms with Gasteiger partial charge in [-0.15, -0.1) is 0 Å². The molecule has 0 aliphatic carbocycles. The number of methoxy groups -OCH3 is 2. The predicted octanol–water partition coefficient (Wildman–Crippen LogP) is 6.11. The van der Waals surface area contributed by atoms with Gasteiger partial charge in [0, 0.05) is 24.0 Å². The minimum Gasteiger partial charge on any atom is -0.493 e. The van der Waals surface area contributed by atoms with Gasteiger partial charge in [-0.25, -0.2) is 0 Å². The summed E-state index contributed by atoms with van der Waals surface area (Å²) in [5.41, 5.74) is 5.22. The molecule has 0 bridgehead atoms. The number of hydrogen-bond donors (Lipinski definition) is 1. The van der Waals surface area contributed by atoms with E-state index in [-0.39, 0.29) is 11.9 Å². The Bertz CT molecular complexity index is 1080. The highest BCUT2D eigenvalue weighted by Gasteiger charge is 2.15. The number of benzene rings is 2. The van der Waals surface area contributed by atoms with E-state index in [1.165, 1.54) is 5.56 Å². The van der Waals surface area contributed by atoms with Crippen LogP contribution in [0, 0.1) is 5.92 Å². The van der Waals surface area contributed by atoms with Crippen LogP contribution in [0.2, 0.25) is 0 Å². The molecule has 1 aromatic heterocycles. The number of aryl methyl sites for hydroxylation is 1. The topological polar surface area (TPSA) is 60.5 Å². The van der Waals surface area contributed by atoms with Crippen molar-refractivity contribution in [3.05, 3.63) is 77.6 Å². The molecule has 0 fully saturated rings. The summed E-state index contributed by atoms with van der Waals surface area (Å²) in [5.74, 6) is 1.82. The molecule has 0 saturated heterocycles. The van der Waals surface area contributed by atoms with Crippen LogP contribution >= 0.6 is 0 Å². The maximum atomic E-state index is 13.0. The highest BCUT2D eigenvalue weighted by atomic mass is 16.5. The van der Waals surface area contributed by atoms with Crippen molar-refractivity contribution < 1.29 is 14.3 Å². The molecular weight excluding hydrogens is 424 g/mol. The third-order valence-corrected chi connectivity index (χ3v) is 5.89. The van der Waals surface area contributed by atoms with Crippen LogP contribution in [0.4, 0.5) is 0 Å². The molecule has 5 heteroatoms. The van der Waals surface area contributed by atoms with E-state index in [0.717, 1.165) is 42.4 Å². The van der Waals surface area contributed by atoms with Crippen LogP contribution < -0.4 is 14.8 Å². The van der Waals surface area contributed by atoms with Gasteiger partial charge in [0.2, 0.25) is 0 Å². The third kappa shape index (κ3) is 6.83. The van der Waals surface area contributed by atoms with Crippen molar-refractivity contribution >= 4 is 5.91 Å². The van der Waals surface area contributed by atoms with Crippen molar-refractivity contribution in [2.45, 2.75) is 52.5 Å². The summed E-state index contributed by atoms with van der Waals surface area (Å²) in [6.45, 7) is 6.44. The Labute approximate surface area is 203 Å². The van der Waals surface area contributed by atoms with Crippen LogP contribution in [0.3, 0.4) is 0 Å². The second-order valence-corrected chi connectivity index (χ2v) is 9.17. The smallest absolute Gasteiger partial charge is 0.251 e. The van der Waals surface area contributed by atoms with E-state index in [1.54, 1.807) is 20.4 Å². The third-order valence-electron chi connectivity index (χ3n) is 5.89. The van der Waals surface area contributed by atoms with Crippen molar-refractivity contribution in [1.82, 2.24) is 10.3 Å². The van der Waals surface area contributed by atoms with Gasteiger partial charge in [0.25, 0.3) is 5.91 Å². The average Bonchev–Trinajstić information content (AvgIpc) is 2.83. The molecule has 1 atom stereocenters. The molecule has 3 rings (SSSR count). The summed E-state index contributed by atoms with van der Waals surface area (Å²) in [4.78, 5) is 17.2. The Morgan fingerprint density at radius 1 is 1.00 bits per heavy atom. The SMILES string of the molecule is COc1ccc(-c2ccc(C(=O)N[C@H](C)CCCc3cccnc3)cc2CC(C)C)cc1OC. The minimum absolute atomic E-state index is 0.0299. The number of nitrogens with zero attached hydrogens (tertiary/aromatic N) is 1. The number of rotatable bonds is 11.